The van der Waals surface area contributed by atoms with E-state index in [2.05, 4.69) is 4.99 Å². The van der Waals surface area contributed by atoms with Crippen molar-refractivity contribution < 1.29 is 0 Å². The maximum atomic E-state index is 7.75. The van der Waals surface area contributed by atoms with Gasteiger partial charge in [-0.3, -0.25) is 5.41 Å². The van der Waals surface area contributed by atoms with Gasteiger partial charge in [-0.2, -0.15) is 4.99 Å². The van der Waals surface area contributed by atoms with Crippen LogP contribution in [0.1, 0.15) is 38.5 Å². The molecule has 0 aromatic rings. The van der Waals surface area contributed by atoms with Crippen LogP contribution in [0.2, 0.25) is 0 Å². The molecule has 1 aliphatic carbocycles. The van der Waals surface area contributed by atoms with Gasteiger partial charge < -0.3 is 16.4 Å². The number of hydrogen-bond acceptors (Lipinski definition) is 1. The molecule has 1 aliphatic heterocycles. The van der Waals surface area contributed by atoms with E-state index in [0.717, 1.165) is 13.1 Å². The average Bonchev–Trinajstić information content (AvgIpc) is 2.66. The zero-order valence-corrected chi connectivity index (χ0v) is 9.71. The third kappa shape index (κ3) is 2.28. The largest absolute Gasteiger partial charge is 0.370 e. The smallest absolute Gasteiger partial charge is 0.221 e. The number of hydrogen-bond donors (Lipinski definition) is 3. The molecule has 2 rings (SSSR count). The second-order valence-corrected chi connectivity index (χ2v) is 5.05. The number of nitrogens with one attached hydrogen (secondary N) is 1. The van der Waals surface area contributed by atoms with Crippen LogP contribution in [0.3, 0.4) is 0 Å². The van der Waals surface area contributed by atoms with E-state index in [1.54, 1.807) is 0 Å². The molecule has 0 radical (unpaired) electrons. The first-order chi connectivity index (χ1) is 7.61. The predicted octanol–water partition coefficient (Wildman–Crippen LogP) is 0.851. The maximum Gasteiger partial charge on any atom is 0.221 e. The first kappa shape index (κ1) is 11.2. The first-order valence-electron chi connectivity index (χ1n) is 6.04. The molecule has 0 atom stereocenters. The number of aliphatic imine (C=N–C) groups is 1. The molecule has 0 aromatic heterocycles. The van der Waals surface area contributed by atoms with Crippen molar-refractivity contribution in [2.24, 2.45) is 21.9 Å². The minimum Gasteiger partial charge on any atom is -0.370 e. The standard InChI is InChI=1S/C11H21N5/c12-9(13)15-10(14)16-7-5-11(6-8-16)3-1-2-4-11/h1-8H2,(H5,12,13,14,15). The van der Waals surface area contributed by atoms with Crippen LogP contribution in [0.25, 0.3) is 0 Å². The minimum atomic E-state index is -0.0221. The highest BCUT2D eigenvalue weighted by Gasteiger charge is 2.37. The number of nitrogens with two attached hydrogens (primary N) is 2. The van der Waals surface area contributed by atoms with Gasteiger partial charge in [-0.1, -0.05) is 12.8 Å². The van der Waals surface area contributed by atoms with Crippen molar-refractivity contribution in [1.29, 1.82) is 5.41 Å². The molecule has 0 aromatic carbocycles. The predicted molar refractivity (Wildman–Crippen MR) is 65.2 cm³/mol. The van der Waals surface area contributed by atoms with Crippen LogP contribution in [0, 0.1) is 10.8 Å². The molecule has 1 spiro atoms. The fourth-order valence-electron chi connectivity index (χ4n) is 3.01. The monoisotopic (exact) mass is 223 g/mol. The highest BCUT2D eigenvalue weighted by Crippen LogP contribution is 2.46. The average molecular weight is 223 g/mol. The van der Waals surface area contributed by atoms with E-state index in [9.17, 15) is 0 Å². The van der Waals surface area contributed by atoms with Gasteiger partial charge in [0.25, 0.3) is 0 Å². The van der Waals surface area contributed by atoms with Gasteiger partial charge in [0.2, 0.25) is 5.96 Å². The molecule has 2 fully saturated rings. The van der Waals surface area contributed by atoms with Crippen LogP contribution in [0.15, 0.2) is 4.99 Å². The van der Waals surface area contributed by atoms with Crippen LogP contribution >= 0.6 is 0 Å². The molecule has 5 N–H and O–H groups in total. The lowest BCUT2D eigenvalue weighted by Crippen LogP contribution is -2.42. The SMILES string of the molecule is N=C(N=C(N)N)N1CCC2(CCCC2)CC1. The Morgan fingerprint density at radius 3 is 2.12 bits per heavy atom. The summed E-state index contributed by atoms with van der Waals surface area (Å²) in [5.74, 6) is 0.194. The van der Waals surface area contributed by atoms with Gasteiger partial charge in [0.05, 0.1) is 0 Å². The summed E-state index contributed by atoms with van der Waals surface area (Å²) in [6.45, 7) is 1.85. The first-order valence-corrected chi connectivity index (χ1v) is 6.04. The molecule has 1 heterocycles. The highest BCUT2D eigenvalue weighted by molar-refractivity contribution is 5.91. The molecule has 1 saturated heterocycles. The highest BCUT2D eigenvalue weighted by atomic mass is 15.3. The molecule has 2 aliphatic rings. The summed E-state index contributed by atoms with van der Waals surface area (Å²) in [6.07, 6.45) is 7.88. The Labute approximate surface area is 96.4 Å². The number of guanidine groups is 2. The Morgan fingerprint density at radius 2 is 1.62 bits per heavy atom. The summed E-state index contributed by atoms with van der Waals surface area (Å²) < 4.78 is 0. The zero-order chi connectivity index (χ0) is 11.6. The van der Waals surface area contributed by atoms with Gasteiger partial charge in [0.15, 0.2) is 5.96 Å². The van der Waals surface area contributed by atoms with E-state index in [-0.39, 0.29) is 11.9 Å². The van der Waals surface area contributed by atoms with Crippen molar-refractivity contribution in [3.05, 3.63) is 0 Å². The summed E-state index contributed by atoms with van der Waals surface area (Å²) in [4.78, 5) is 5.77. The van der Waals surface area contributed by atoms with Crippen LogP contribution in [-0.2, 0) is 0 Å². The summed E-state index contributed by atoms with van der Waals surface area (Å²) >= 11 is 0. The van der Waals surface area contributed by atoms with Crippen molar-refractivity contribution in [2.75, 3.05) is 13.1 Å². The van der Waals surface area contributed by atoms with E-state index in [1.165, 1.54) is 38.5 Å². The van der Waals surface area contributed by atoms with Crippen LogP contribution in [-0.4, -0.2) is 29.9 Å². The normalized spacial score (nSPS) is 23.4. The van der Waals surface area contributed by atoms with Gasteiger partial charge in [0, 0.05) is 13.1 Å². The Morgan fingerprint density at radius 1 is 1.06 bits per heavy atom. The van der Waals surface area contributed by atoms with E-state index < -0.39 is 0 Å². The van der Waals surface area contributed by atoms with Gasteiger partial charge >= 0.3 is 0 Å². The van der Waals surface area contributed by atoms with E-state index in [4.69, 9.17) is 16.9 Å². The quantitative estimate of drug-likeness (QED) is 0.420. The van der Waals surface area contributed by atoms with Crippen molar-refractivity contribution in [2.45, 2.75) is 38.5 Å². The lowest BCUT2D eigenvalue weighted by molar-refractivity contribution is 0.153. The van der Waals surface area contributed by atoms with Crippen molar-refractivity contribution in [3.8, 4) is 0 Å². The number of nitrogens with zero attached hydrogens (tertiary/aromatic N) is 2. The van der Waals surface area contributed by atoms with Gasteiger partial charge in [-0.15, -0.1) is 0 Å². The van der Waals surface area contributed by atoms with Gasteiger partial charge in [0.1, 0.15) is 0 Å². The second-order valence-electron chi connectivity index (χ2n) is 5.05. The zero-order valence-electron chi connectivity index (χ0n) is 9.71. The third-order valence-corrected chi connectivity index (χ3v) is 4.02. The molecule has 0 bridgehead atoms. The summed E-state index contributed by atoms with van der Waals surface area (Å²) in [5.41, 5.74) is 11.1. The van der Waals surface area contributed by atoms with Crippen LogP contribution in [0.4, 0.5) is 0 Å². The number of likely N-dealkylation sites (tertiary alicyclic amines) is 1. The Kier molecular flexibility index (Phi) is 3.03. The summed E-state index contributed by atoms with van der Waals surface area (Å²) in [5, 5.41) is 7.75. The van der Waals surface area contributed by atoms with Crippen LogP contribution < -0.4 is 11.5 Å². The molecule has 5 nitrogen and oxygen atoms in total. The van der Waals surface area contributed by atoms with Crippen molar-refractivity contribution in [1.82, 2.24) is 4.90 Å². The maximum absolute atomic E-state index is 7.75. The molecular formula is C11H21N5. The lowest BCUT2D eigenvalue weighted by atomic mass is 9.77. The van der Waals surface area contributed by atoms with Crippen molar-refractivity contribution >= 4 is 11.9 Å². The molecule has 1 saturated carbocycles. The Hall–Kier alpha value is -1.26. The second kappa shape index (κ2) is 4.31. The van der Waals surface area contributed by atoms with E-state index >= 15 is 0 Å². The fraction of sp³-hybridized carbons (Fsp3) is 0.818. The number of rotatable bonds is 0. The Bertz CT molecular complexity index is 289. The summed E-state index contributed by atoms with van der Waals surface area (Å²) in [6, 6.07) is 0. The molecule has 0 unspecified atom stereocenters. The van der Waals surface area contributed by atoms with E-state index in [1.807, 2.05) is 4.90 Å². The molecule has 5 heteroatoms. The molecular weight excluding hydrogens is 202 g/mol. The number of piperidine rings is 1. The molecule has 16 heavy (non-hydrogen) atoms. The molecule has 90 valence electrons. The fourth-order valence-corrected chi connectivity index (χ4v) is 3.01. The summed E-state index contributed by atoms with van der Waals surface area (Å²) in [7, 11) is 0. The topological polar surface area (TPSA) is 91.5 Å². The van der Waals surface area contributed by atoms with Gasteiger partial charge in [-0.25, -0.2) is 0 Å². The molecule has 0 amide bonds. The third-order valence-electron chi connectivity index (χ3n) is 4.02. The lowest BCUT2D eigenvalue weighted by Gasteiger charge is -2.39. The van der Waals surface area contributed by atoms with Crippen molar-refractivity contribution in [3.63, 3.8) is 0 Å². The van der Waals surface area contributed by atoms with Gasteiger partial charge in [-0.05, 0) is 31.1 Å². The Balaban J connectivity index is 1.90. The van der Waals surface area contributed by atoms with Crippen LogP contribution in [0.5, 0.6) is 0 Å². The minimum absolute atomic E-state index is 0.0221. The van der Waals surface area contributed by atoms with E-state index in [0.29, 0.717) is 5.41 Å².